The smallest absolute Gasteiger partial charge is 0.192 e. The molecule has 0 fully saturated rings. The van der Waals surface area contributed by atoms with Crippen LogP contribution in [0.25, 0.3) is 0 Å². The largest absolute Gasteiger partial charge is 0.547 e. The molecule has 0 aliphatic heterocycles. The van der Waals surface area contributed by atoms with Gasteiger partial charge in [-0.05, 0) is 57.3 Å². The molecule has 1 aromatic carbocycles. The first kappa shape index (κ1) is 33.7. The van der Waals surface area contributed by atoms with E-state index >= 15 is 0 Å². The quantitative estimate of drug-likeness (QED) is 0.284. The SMILES string of the molecule is CC[NH+](CC)CC.CO[C@@H](CCCC[C@H](O[Si](C)(C)C(C)(C)C)c1ccccc1)[C@H](OC)C(=O)[O-]. The third-order valence-electron chi connectivity index (χ3n) is 7.25. The number of quaternary nitrogens is 1. The van der Waals surface area contributed by atoms with E-state index in [9.17, 15) is 9.90 Å². The van der Waals surface area contributed by atoms with Crippen molar-refractivity contribution in [2.75, 3.05) is 33.9 Å². The second-order valence-corrected chi connectivity index (χ2v) is 15.4. The number of nitrogens with one attached hydrogen (secondary N) is 1. The van der Waals surface area contributed by atoms with Gasteiger partial charge in [-0.3, -0.25) is 0 Å². The monoisotopic (exact) mass is 511 g/mol. The Labute approximate surface area is 216 Å². The van der Waals surface area contributed by atoms with Gasteiger partial charge in [0.15, 0.2) is 8.32 Å². The molecule has 1 aromatic rings. The van der Waals surface area contributed by atoms with Crippen molar-refractivity contribution in [3.8, 4) is 0 Å². The van der Waals surface area contributed by atoms with Crippen molar-refractivity contribution >= 4 is 14.3 Å². The Morgan fingerprint density at radius 1 is 0.943 bits per heavy atom. The molecule has 0 saturated heterocycles. The second kappa shape index (κ2) is 17.2. The minimum Gasteiger partial charge on any atom is -0.547 e. The van der Waals surface area contributed by atoms with E-state index in [0.29, 0.717) is 6.42 Å². The molecular weight excluding hydrogens is 458 g/mol. The highest BCUT2D eigenvalue weighted by molar-refractivity contribution is 6.74. The molecule has 7 heteroatoms. The summed E-state index contributed by atoms with van der Waals surface area (Å²) < 4.78 is 17.0. The van der Waals surface area contributed by atoms with Crippen LogP contribution >= 0.6 is 0 Å². The highest BCUT2D eigenvalue weighted by Gasteiger charge is 2.39. The third kappa shape index (κ3) is 12.5. The topological polar surface area (TPSA) is 72.3 Å². The van der Waals surface area contributed by atoms with Crippen LogP contribution in [0.15, 0.2) is 30.3 Å². The van der Waals surface area contributed by atoms with E-state index in [2.05, 4.69) is 66.8 Å². The maximum absolute atomic E-state index is 11.2. The second-order valence-electron chi connectivity index (χ2n) is 10.6. The maximum atomic E-state index is 11.2. The van der Waals surface area contributed by atoms with Crippen LogP contribution in [0, 0.1) is 0 Å². The van der Waals surface area contributed by atoms with Crippen LogP contribution in [-0.2, 0) is 18.7 Å². The van der Waals surface area contributed by atoms with Crippen molar-refractivity contribution < 1.29 is 28.7 Å². The summed E-state index contributed by atoms with van der Waals surface area (Å²) in [6, 6.07) is 10.3. The van der Waals surface area contributed by atoms with Gasteiger partial charge in [-0.15, -0.1) is 0 Å². The van der Waals surface area contributed by atoms with Gasteiger partial charge in [-0.2, -0.15) is 0 Å². The molecule has 0 saturated carbocycles. The summed E-state index contributed by atoms with van der Waals surface area (Å²) in [6.07, 6.45) is 1.72. The van der Waals surface area contributed by atoms with Crippen molar-refractivity contribution in [1.29, 1.82) is 0 Å². The van der Waals surface area contributed by atoms with Gasteiger partial charge in [0, 0.05) is 14.2 Å². The summed E-state index contributed by atoms with van der Waals surface area (Å²) in [4.78, 5) is 12.9. The average molecular weight is 512 g/mol. The molecule has 0 heterocycles. The lowest BCUT2D eigenvalue weighted by atomic mass is 10.0. The van der Waals surface area contributed by atoms with Gasteiger partial charge in [0.2, 0.25) is 0 Å². The zero-order valence-corrected chi connectivity index (χ0v) is 25.1. The number of hydrogen-bond acceptors (Lipinski definition) is 5. The van der Waals surface area contributed by atoms with Crippen molar-refractivity contribution in [3.63, 3.8) is 0 Å². The number of ether oxygens (including phenoxy) is 2. The van der Waals surface area contributed by atoms with E-state index in [-0.39, 0.29) is 11.1 Å². The van der Waals surface area contributed by atoms with Crippen molar-refractivity contribution in [2.45, 2.75) is 104 Å². The summed E-state index contributed by atoms with van der Waals surface area (Å²) in [5, 5.41) is 11.3. The standard InChI is InChI=1S/C22H38O5Si.C6H15N/c1-22(2,3)28(6,7)27-18(17-13-9-8-10-14-17)15-11-12-16-19(25-4)20(26-5)21(23)24;1-4-7(5-2)6-3/h8-10,13-14,18-20H,11-12,15-16H2,1-7H3,(H,23,24);4-6H2,1-3H3/t18-,19-,20-;/m0./s1. The maximum Gasteiger partial charge on any atom is 0.192 e. The van der Waals surface area contributed by atoms with Crippen molar-refractivity contribution in [1.82, 2.24) is 0 Å². The first-order valence-corrected chi connectivity index (χ1v) is 16.1. The number of carboxylic acids is 1. The molecular formula is C28H53NO5Si. The van der Waals surface area contributed by atoms with Crippen LogP contribution < -0.4 is 10.0 Å². The molecule has 1 rings (SSSR count). The van der Waals surface area contributed by atoms with Gasteiger partial charge in [0.05, 0.1) is 37.8 Å². The zero-order valence-electron chi connectivity index (χ0n) is 24.1. The van der Waals surface area contributed by atoms with E-state index in [0.717, 1.165) is 19.3 Å². The number of carbonyl (C=O) groups excluding carboxylic acids is 1. The van der Waals surface area contributed by atoms with Gasteiger partial charge < -0.3 is 28.7 Å². The summed E-state index contributed by atoms with van der Waals surface area (Å²) in [7, 11) is 0.964. The minimum atomic E-state index is -1.91. The van der Waals surface area contributed by atoms with E-state index in [1.54, 1.807) is 4.90 Å². The zero-order chi connectivity index (χ0) is 27.1. The summed E-state index contributed by atoms with van der Waals surface area (Å²) >= 11 is 0. The molecule has 0 unspecified atom stereocenters. The molecule has 1 N–H and O–H groups in total. The molecule has 6 nitrogen and oxygen atoms in total. The molecule has 0 aliphatic carbocycles. The lowest BCUT2D eigenvalue weighted by molar-refractivity contribution is -0.894. The van der Waals surface area contributed by atoms with Crippen LogP contribution in [0.1, 0.15) is 78.9 Å². The van der Waals surface area contributed by atoms with E-state index in [1.165, 1.54) is 39.4 Å². The molecule has 0 amide bonds. The highest BCUT2D eigenvalue weighted by atomic mass is 28.4. The highest BCUT2D eigenvalue weighted by Crippen LogP contribution is 2.41. The molecule has 0 bridgehead atoms. The van der Waals surface area contributed by atoms with Crippen molar-refractivity contribution in [3.05, 3.63) is 35.9 Å². The predicted molar refractivity (Wildman–Crippen MR) is 145 cm³/mol. The number of hydrogen-bond donors (Lipinski definition) is 1. The molecule has 0 aliphatic rings. The Kier molecular flexibility index (Phi) is 16.6. The Balaban J connectivity index is 0.00000143. The van der Waals surface area contributed by atoms with Gasteiger partial charge >= 0.3 is 0 Å². The van der Waals surface area contributed by atoms with Crippen molar-refractivity contribution in [2.24, 2.45) is 0 Å². The van der Waals surface area contributed by atoms with Gasteiger partial charge in [0.25, 0.3) is 0 Å². The first-order valence-electron chi connectivity index (χ1n) is 13.2. The van der Waals surface area contributed by atoms with Crippen LogP contribution in [0.2, 0.25) is 18.1 Å². The lowest BCUT2D eigenvalue weighted by Gasteiger charge is -2.39. The average Bonchev–Trinajstić information content (AvgIpc) is 2.81. The molecule has 0 spiro atoms. The number of aliphatic carboxylic acids is 1. The molecule has 204 valence electrons. The molecule has 35 heavy (non-hydrogen) atoms. The predicted octanol–water partition coefficient (Wildman–Crippen LogP) is 4.02. The number of unbranched alkanes of at least 4 members (excludes halogenated alkanes) is 1. The summed E-state index contributed by atoms with van der Waals surface area (Å²) in [5.41, 5.74) is 1.19. The minimum absolute atomic E-state index is 0.0439. The Morgan fingerprint density at radius 3 is 1.83 bits per heavy atom. The Bertz CT molecular complexity index is 668. The fraction of sp³-hybridized carbons (Fsp3) is 0.750. The normalized spacial score (nSPS) is 14.7. The van der Waals surface area contributed by atoms with Gasteiger partial charge in [-0.25, -0.2) is 0 Å². The number of carboxylic acid groups (broad SMARTS) is 1. The van der Waals surface area contributed by atoms with Crippen LogP contribution in [0.5, 0.6) is 0 Å². The summed E-state index contributed by atoms with van der Waals surface area (Å²) in [6.45, 7) is 21.8. The molecule has 0 radical (unpaired) electrons. The lowest BCUT2D eigenvalue weighted by Crippen LogP contribution is -3.11. The Morgan fingerprint density at radius 2 is 1.46 bits per heavy atom. The van der Waals surface area contributed by atoms with Crippen LogP contribution in [0.4, 0.5) is 0 Å². The van der Waals surface area contributed by atoms with Crippen LogP contribution in [0.3, 0.4) is 0 Å². The van der Waals surface area contributed by atoms with E-state index in [1.807, 2.05) is 18.2 Å². The summed E-state index contributed by atoms with van der Waals surface area (Å²) in [5.74, 6) is -1.24. The number of rotatable bonds is 15. The van der Waals surface area contributed by atoms with Crippen LogP contribution in [-0.4, -0.2) is 60.3 Å². The van der Waals surface area contributed by atoms with Gasteiger partial charge in [-0.1, -0.05) is 63.9 Å². The van der Waals surface area contributed by atoms with E-state index < -0.39 is 26.5 Å². The third-order valence-corrected chi connectivity index (χ3v) is 11.7. The van der Waals surface area contributed by atoms with E-state index in [4.69, 9.17) is 13.9 Å². The first-order chi connectivity index (χ1) is 16.4. The number of methoxy groups -OCH3 is 2. The fourth-order valence-corrected chi connectivity index (χ4v) is 5.03. The number of benzene rings is 1. The molecule has 3 atom stereocenters. The fourth-order valence-electron chi connectivity index (χ4n) is 3.71. The molecule has 0 aromatic heterocycles. The number of carbonyl (C=O) groups is 1. The van der Waals surface area contributed by atoms with Gasteiger partial charge in [0.1, 0.15) is 6.10 Å². The Hall–Kier alpha value is -1.25.